The third kappa shape index (κ3) is 5.27. The van der Waals surface area contributed by atoms with Gasteiger partial charge in [-0.3, -0.25) is 9.36 Å². The van der Waals surface area contributed by atoms with Gasteiger partial charge in [0.15, 0.2) is 5.16 Å². The molecule has 2 unspecified atom stereocenters. The van der Waals surface area contributed by atoms with E-state index in [1.54, 1.807) is 35.6 Å². The van der Waals surface area contributed by atoms with Crippen LogP contribution >= 0.6 is 11.8 Å². The van der Waals surface area contributed by atoms with E-state index in [1.807, 2.05) is 41.0 Å². The van der Waals surface area contributed by atoms with E-state index in [0.717, 1.165) is 47.4 Å². The minimum Gasteiger partial charge on any atom is -0.277 e. The second kappa shape index (κ2) is 10.9. The number of rotatable bonds is 6. The summed E-state index contributed by atoms with van der Waals surface area (Å²) in [6.07, 6.45) is 6.27. The molecule has 1 amide bonds. The average molecular weight is 542 g/mol. The fourth-order valence-corrected chi connectivity index (χ4v) is 6.02. The first-order chi connectivity index (χ1) is 19.1. The summed E-state index contributed by atoms with van der Waals surface area (Å²) in [6, 6.07) is 22.0. The van der Waals surface area contributed by atoms with Crippen LogP contribution in [0.25, 0.3) is 11.8 Å². The minimum absolute atomic E-state index is 0.0159. The fourth-order valence-electron chi connectivity index (χ4n) is 5.24. The third-order valence-electron chi connectivity index (χ3n) is 7.06. The lowest BCUT2D eigenvalue weighted by Crippen LogP contribution is -2.33. The lowest BCUT2D eigenvalue weighted by molar-refractivity contribution is -0.130. The van der Waals surface area contributed by atoms with Crippen molar-refractivity contribution in [3.05, 3.63) is 114 Å². The zero-order chi connectivity index (χ0) is 26.8. The quantitative estimate of drug-likeness (QED) is 0.263. The normalized spacial score (nSPS) is 19.7. The third-order valence-corrected chi connectivity index (χ3v) is 7.98. The van der Waals surface area contributed by atoms with Crippen molar-refractivity contribution in [3.63, 3.8) is 0 Å². The molecule has 3 aromatic carbocycles. The van der Waals surface area contributed by atoms with Crippen molar-refractivity contribution >= 4 is 29.5 Å². The number of hydrogen-bond donors (Lipinski definition) is 0. The molecule has 9 heteroatoms. The van der Waals surface area contributed by atoms with Gasteiger partial charge >= 0.3 is 0 Å². The number of aromatic nitrogens is 3. The molecule has 1 aromatic heterocycles. The van der Waals surface area contributed by atoms with Gasteiger partial charge < -0.3 is 0 Å². The molecule has 4 aromatic rings. The number of benzene rings is 3. The first kappa shape index (κ1) is 25.2. The topological polar surface area (TPSA) is 63.4 Å². The van der Waals surface area contributed by atoms with Crippen LogP contribution in [0.4, 0.5) is 8.78 Å². The van der Waals surface area contributed by atoms with Gasteiger partial charge in [-0.05, 0) is 78.4 Å². The Morgan fingerprint density at radius 1 is 0.974 bits per heavy atom. The van der Waals surface area contributed by atoms with Crippen molar-refractivity contribution in [1.82, 2.24) is 19.8 Å². The number of thioether (sulfide) groups is 1. The summed E-state index contributed by atoms with van der Waals surface area (Å²) >= 11 is 1.30. The molecule has 1 aliphatic heterocycles. The number of allylic oxidation sites excluding steroid dienone is 1. The van der Waals surface area contributed by atoms with Crippen molar-refractivity contribution in [2.75, 3.05) is 5.75 Å². The van der Waals surface area contributed by atoms with Gasteiger partial charge in [0.25, 0.3) is 5.91 Å². The standard InChI is InChI=1S/C30H25F2N5OS/c31-23-13-9-20(10-14-23)17-22-5-4-8-26-28(22)35-37(29(26)21-11-15-24(32)16-12-21)27(38)18-39-30-34-33-19-36(30)25-6-2-1-3-7-25/h1-3,6-7,9-17,19,26,29H,4-5,8,18H2/b22-17-. The maximum absolute atomic E-state index is 13.8. The number of carbonyl (C=O) groups excluding carboxylic acids is 1. The fraction of sp³-hybridized carbons (Fsp3) is 0.200. The van der Waals surface area contributed by atoms with E-state index in [1.165, 1.54) is 36.0 Å². The molecule has 6 rings (SSSR count). The highest BCUT2D eigenvalue weighted by Gasteiger charge is 2.43. The highest BCUT2D eigenvalue weighted by Crippen LogP contribution is 2.44. The molecule has 0 saturated heterocycles. The number of hydrogen-bond acceptors (Lipinski definition) is 5. The predicted octanol–water partition coefficient (Wildman–Crippen LogP) is 6.46. The Balaban J connectivity index is 1.30. The maximum atomic E-state index is 13.8. The van der Waals surface area contributed by atoms with E-state index < -0.39 is 0 Å². The zero-order valence-corrected chi connectivity index (χ0v) is 21.8. The van der Waals surface area contributed by atoms with E-state index in [2.05, 4.69) is 10.2 Å². The molecular weight excluding hydrogens is 516 g/mol. The molecule has 0 N–H and O–H groups in total. The Morgan fingerprint density at radius 2 is 1.69 bits per heavy atom. The second-order valence-corrected chi connectivity index (χ2v) is 10.5. The van der Waals surface area contributed by atoms with Gasteiger partial charge in [-0.2, -0.15) is 5.10 Å². The van der Waals surface area contributed by atoms with Crippen LogP contribution in [0.15, 0.2) is 101 Å². The molecule has 2 atom stereocenters. The summed E-state index contributed by atoms with van der Waals surface area (Å²) in [6.45, 7) is 0. The van der Waals surface area contributed by atoms with Gasteiger partial charge in [0, 0.05) is 11.6 Å². The zero-order valence-electron chi connectivity index (χ0n) is 21.0. The highest BCUT2D eigenvalue weighted by atomic mass is 32.2. The largest absolute Gasteiger partial charge is 0.277 e. The number of nitrogens with zero attached hydrogens (tertiary/aromatic N) is 5. The van der Waals surface area contributed by atoms with Crippen LogP contribution in [-0.4, -0.2) is 37.1 Å². The summed E-state index contributed by atoms with van der Waals surface area (Å²) in [5.41, 5.74) is 4.54. The molecule has 0 radical (unpaired) electrons. The van der Waals surface area contributed by atoms with Gasteiger partial charge in [0.2, 0.25) is 0 Å². The number of hydrazone groups is 1. The molecule has 2 heterocycles. The number of halogens is 2. The molecule has 39 heavy (non-hydrogen) atoms. The molecule has 1 aliphatic carbocycles. The lowest BCUT2D eigenvalue weighted by Gasteiger charge is -2.29. The minimum atomic E-state index is -0.336. The summed E-state index contributed by atoms with van der Waals surface area (Å²) in [5.74, 6) is -0.681. The van der Waals surface area contributed by atoms with Crippen molar-refractivity contribution in [1.29, 1.82) is 0 Å². The van der Waals surface area contributed by atoms with Crippen LogP contribution in [0.3, 0.4) is 0 Å². The van der Waals surface area contributed by atoms with Gasteiger partial charge in [0.1, 0.15) is 18.0 Å². The summed E-state index contributed by atoms with van der Waals surface area (Å²) in [4.78, 5) is 13.7. The molecule has 196 valence electrons. The van der Waals surface area contributed by atoms with Crippen LogP contribution in [0.2, 0.25) is 0 Å². The molecule has 6 nitrogen and oxygen atoms in total. The molecular formula is C30H25F2N5OS. The Bertz CT molecular complexity index is 1530. The number of para-hydroxylation sites is 1. The van der Waals surface area contributed by atoms with E-state index in [9.17, 15) is 13.6 Å². The molecule has 0 spiro atoms. The van der Waals surface area contributed by atoms with E-state index in [0.29, 0.717) is 5.16 Å². The summed E-state index contributed by atoms with van der Waals surface area (Å²) < 4.78 is 29.1. The summed E-state index contributed by atoms with van der Waals surface area (Å²) in [5, 5.41) is 15.3. The number of carbonyl (C=O) groups is 1. The van der Waals surface area contributed by atoms with Gasteiger partial charge in [0.05, 0.1) is 17.5 Å². The van der Waals surface area contributed by atoms with Crippen molar-refractivity contribution in [3.8, 4) is 5.69 Å². The number of amides is 1. The van der Waals surface area contributed by atoms with Gasteiger partial charge in [-0.25, -0.2) is 13.8 Å². The Hall–Kier alpha value is -4.11. The van der Waals surface area contributed by atoms with Crippen LogP contribution < -0.4 is 0 Å². The monoisotopic (exact) mass is 541 g/mol. The van der Waals surface area contributed by atoms with E-state index >= 15 is 0 Å². The van der Waals surface area contributed by atoms with E-state index in [-0.39, 0.29) is 35.3 Å². The van der Waals surface area contributed by atoms with Crippen LogP contribution in [0.5, 0.6) is 0 Å². The second-order valence-electron chi connectivity index (χ2n) is 9.55. The number of fused-ring (bicyclic) bond motifs is 1. The van der Waals surface area contributed by atoms with Crippen molar-refractivity contribution in [2.45, 2.75) is 30.5 Å². The molecule has 1 fully saturated rings. The smallest absolute Gasteiger partial charge is 0.253 e. The average Bonchev–Trinajstić information content (AvgIpc) is 3.60. The Morgan fingerprint density at radius 3 is 2.44 bits per heavy atom. The lowest BCUT2D eigenvalue weighted by atomic mass is 9.77. The van der Waals surface area contributed by atoms with Crippen LogP contribution in [0.1, 0.15) is 36.4 Å². The SMILES string of the molecule is O=C(CSc1nncn1-c1ccccc1)N1N=C2/C(=C\c3ccc(F)cc3)CCCC2C1c1ccc(F)cc1. The molecule has 0 bridgehead atoms. The van der Waals surface area contributed by atoms with Crippen LogP contribution in [0, 0.1) is 17.6 Å². The van der Waals surface area contributed by atoms with Crippen LogP contribution in [-0.2, 0) is 4.79 Å². The Kier molecular flexibility index (Phi) is 7.06. The van der Waals surface area contributed by atoms with Gasteiger partial charge in [-0.15, -0.1) is 10.2 Å². The first-order valence-electron chi connectivity index (χ1n) is 12.8. The maximum Gasteiger partial charge on any atom is 0.253 e. The Labute approximate surface area is 229 Å². The van der Waals surface area contributed by atoms with Gasteiger partial charge in [-0.1, -0.05) is 54.2 Å². The van der Waals surface area contributed by atoms with Crippen molar-refractivity contribution in [2.24, 2.45) is 11.0 Å². The van der Waals surface area contributed by atoms with E-state index in [4.69, 9.17) is 5.10 Å². The summed E-state index contributed by atoms with van der Waals surface area (Å²) in [7, 11) is 0. The molecule has 2 aliphatic rings. The first-order valence-corrected chi connectivity index (χ1v) is 13.8. The van der Waals surface area contributed by atoms with Crippen molar-refractivity contribution < 1.29 is 13.6 Å². The highest BCUT2D eigenvalue weighted by molar-refractivity contribution is 7.99. The predicted molar refractivity (Wildman–Crippen MR) is 147 cm³/mol. The molecule has 1 saturated carbocycles.